The van der Waals surface area contributed by atoms with Crippen molar-refractivity contribution in [3.63, 3.8) is 0 Å². The highest BCUT2D eigenvalue weighted by atomic mass is 32.1. The van der Waals surface area contributed by atoms with Gasteiger partial charge in [-0.1, -0.05) is 18.2 Å². The number of nitrogens with zero attached hydrogens (tertiary/aromatic N) is 1. The number of carbonyl (C=O) groups is 2. The van der Waals surface area contributed by atoms with Crippen LogP contribution in [0.2, 0.25) is 0 Å². The average molecular weight is 421 g/mol. The molecule has 0 bridgehead atoms. The van der Waals surface area contributed by atoms with E-state index in [0.717, 1.165) is 29.0 Å². The van der Waals surface area contributed by atoms with Crippen LogP contribution >= 0.6 is 11.3 Å². The Balaban J connectivity index is 1.65. The lowest BCUT2D eigenvalue weighted by molar-refractivity contribution is -0.137. The van der Waals surface area contributed by atoms with Gasteiger partial charge in [-0.25, -0.2) is 14.6 Å². The second-order valence-electron chi connectivity index (χ2n) is 5.76. The molecule has 0 aliphatic carbocycles. The topological polar surface area (TPSA) is 80.3 Å². The smallest absolute Gasteiger partial charge is 0.416 e. The number of methoxy groups -OCH3 is 1. The number of halogens is 3. The molecular weight excluding hydrogens is 407 g/mol. The third kappa shape index (κ3) is 5.11. The number of alkyl halides is 3. The molecule has 1 aromatic heterocycles. The summed E-state index contributed by atoms with van der Waals surface area (Å²) in [6.07, 6.45) is -4.50. The zero-order valence-corrected chi connectivity index (χ0v) is 15.7. The summed E-state index contributed by atoms with van der Waals surface area (Å²) >= 11 is 1.15. The Hall–Kier alpha value is -3.40. The van der Waals surface area contributed by atoms with E-state index in [1.807, 2.05) is 0 Å². The summed E-state index contributed by atoms with van der Waals surface area (Å²) in [5.41, 5.74) is 0.834. The number of nitrogens with one attached hydrogen (secondary N) is 2. The summed E-state index contributed by atoms with van der Waals surface area (Å²) in [7, 11) is 1.29. The minimum Gasteiger partial charge on any atom is -0.465 e. The minimum atomic E-state index is -4.50. The van der Waals surface area contributed by atoms with E-state index in [1.165, 1.54) is 19.2 Å². The molecule has 0 saturated heterocycles. The average Bonchev–Trinajstić information content (AvgIpc) is 3.15. The first-order chi connectivity index (χ1) is 13.8. The van der Waals surface area contributed by atoms with Gasteiger partial charge in [0.05, 0.1) is 23.9 Å². The van der Waals surface area contributed by atoms with Crippen LogP contribution in [0.4, 0.5) is 28.8 Å². The third-order valence-corrected chi connectivity index (χ3v) is 4.53. The van der Waals surface area contributed by atoms with Gasteiger partial charge in [-0.05, 0) is 30.3 Å². The van der Waals surface area contributed by atoms with E-state index >= 15 is 0 Å². The number of ether oxygens (including phenoxy) is 1. The number of thiazole rings is 1. The van der Waals surface area contributed by atoms with Crippen LogP contribution in [0.5, 0.6) is 0 Å². The molecule has 29 heavy (non-hydrogen) atoms. The van der Waals surface area contributed by atoms with Gasteiger partial charge in [0.25, 0.3) is 0 Å². The Labute approximate surface area is 167 Å². The second kappa shape index (κ2) is 8.31. The lowest BCUT2D eigenvalue weighted by atomic mass is 10.1. The molecule has 0 saturated carbocycles. The lowest BCUT2D eigenvalue weighted by Crippen LogP contribution is -2.19. The fraction of sp³-hybridized carbons (Fsp3) is 0.105. The van der Waals surface area contributed by atoms with Crippen molar-refractivity contribution in [2.24, 2.45) is 0 Å². The summed E-state index contributed by atoms with van der Waals surface area (Å²) in [6, 6.07) is 10.2. The maximum Gasteiger partial charge on any atom is 0.416 e. The zero-order valence-electron chi connectivity index (χ0n) is 14.9. The zero-order chi connectivity index (χ0) is 21.0. The number of aromatic nitrogens is 1. The second-order valence-corrected chi connectivity index (χ2v) is 6.62. The number of amides is 2. The van der Waals surface area contributed by atoms with Crippen LogP contribution in [0.1, 0.15) is 15.9 Å². The molecule has 6 nitrogen and oxygen atoms in total. The number of rotatable bonds is 4. The standard InChI is InChI=1S/C19H14F3N3O3S/c1-28-16(26)12-7-5-11(6-8-12)15-10-29-18(24-15)25-17(27)23-14-4-2-3-13(9-14)19(20,21)22/h2-10H,1H3,(H2,23,24,25,27). The molecule has 0 radical (unpaired) electrons. The maximum absolute atomic E-state index is 12.7. The van der Waals surface area contributed by atoms with Gasteiger partial charge in [0.15, 0.2) is 5.13 Å². The fourth-order valence-corrected chi connectivity index (χ4v) is 3.11. The predicted octanol–water partition coefficient (Wildman–Crippen LogP) is 5.26. The van der Waals surface area contributed by atoms with Gasteiger partial charge < -0.3 is 10.1 Å². The van der Waals surface area contributed by atoms with Crippen molar-refractivity contribution in [1.82, 2.24) is 4.98 Å². The van der Waals surface area contributed by atoms with Gasteiger partial charge in [-0.2, -0.15) is 13.2 Å². The van der Waals surface area contributed by atoms with Gasteiger partial charge in [-0.15, -0.1) is 11.3 Å². The Morgan fingerprint density at radius 3 is 2.45 bits per heavy atom. The van der Waals surface area contributed by atoms with Crippen LogP contribution in [0.3, 0.4) is 0 Å². The Kier molecular flexibility index (Phi) is 5.83. The monoisotopic (exact) mass is 421 g/mol. The van der Waals surface area contributed by atoms with E-state index in [-0.39, 0.29) is 10.8 Å². The highest BCUT2D eigenvalue weighted by molar-refractivity contribution is 7.14. The largest absolute Gasteiger partial charge is 0.465 e. The highest BCUT2D eigenvalue weighted by Gasteiger charge is 2.30. The first-order valence-electron chi connectivity index (χ1n) is 8.16. The van der Waals surface area contributed by atoms with Gasteiger partial charge >= 0.3 is 18.2 Å². The molecule has 3 aromatic rings. The fourth-order valence-electron chi connectivity index (χ4n) is 2.39. The normalized spacial score (nSPS) is 11.0. The molecule has 1 heterocycles. The maximum atomic E-state index is 12.7. The molecule has 0 spiro atoms. The van der Waals surface area contributed by atoms with E-state index in [1.54, 1.807) is 29.6 Å². The van der Waals surface area contributed by atoms with Crippen LogP contribution in [0.25, 0.3) is 11.3 Å². The summed E-state index contributed by atoms with van der Waals surface area (Å²) in [4.78, 5) is 27.8. The predicted molar refractivity (Wildman–Crippen MR) is 103 cm³/mol. The van der Waals surface area contributed by atoms with Crippen molar-refractivity contribution in [2.45, 2.75) is 6.18 Å². The molecule has 0 aliphatic rings. The molecule has 3 rings (SSSR count). The van der Waals surface area contributed by atoms with Gasteiger partial charge in [-0.3, -0.25) is 5.32 Å². The van der Waals surface area contributed by atoms with Crippen LogP contribution < -0.4 is 10.6 Å². The van der Waals surface area contributed by atoms with Crippen LogP contribution in [-0.4, -0.2) is 24.1 Å². The molecule has 2 N–H and O–H groups in total. The summed E-state index contributed by atoms with van der Waals surface area (Å²) < 4.78 is 42.9. The molecule has 2 amide bonds. The van der Waals surface area contributed by atoms with Gasteiger partial charge in [0, 0.05) is 16.6 Å². The number of carbonyl (C=O) groups excluding carboxylic acids is 2. The first kappa shape index (κ1) is 20.3. The van der Waals surface area contributed by atoms with E-state index in [9.17, 15) is 22.8 Å². The highest BCUT2D eigenvalue weighted by Crippen LogP contribution is 2.31. The first-order valence-corrected chi connectivity index (χ1v) is 9.04. The molecule has 0 atom stereocenters. The van der Waals surface area contributed by atoms with Crippen molar-refractivity contribution in [3.8, 4) is 11.3 Å². The summed E-state index contributed by atoms with van der Waals surface area (Å²) in [5, 5.41) is 6.79. The van der Waals surface area contributed by atoms with Crippen molar-refractivity contribution in [3.05, 3.63) is 65.0 Å². The Morgan fingerprint density at radius 2 is 1.79 bits per heavy atom. The van der Waals surface area contributed by atoms with E-state index < -0.39 is 23.7 Å². The number of esters is 1. The lowest BCUT2D eigenvalue weighted by Gasteiger charge is -2.09. The number of anilines is 2. The molecular formula is C19H14F3N3O3S. The SMILES string of the molecule is COC(=O)c1ccc(-c2csc(NC(=O)Nc3cccc(C(F)(F)F)c3)n2)cc1. The van der Waals surface area contributed by atoms with Crippen LogP contribution in [0.15, 0.2) is 53.9 Å². The van der Waals surface area contributed by atoms with Gasteiger partial charge in [0.2, 0.25) is 0 Å². The number of urea groups is 1. The van der Waals surface area contributed by atoms with E-state index in [4.69, 9.17) is 0 Å². The molecule has 10 heteroatoms. The minimum absolute atomic E-state index is 0.00695. The summed E-state index contributed by atoms with van der Waals surface area (Å²) in [5.74, 6) is -0.455. The third-order valence-electron chi connectivity index (χ3n) is 3.77. The number of hydrogen-bond donors (Lipinski definition) is 2. The molecule has 0 fully saturated rings. The number of hydrogen-bond acceptors (Lipinski definition) is 5. The summed E-state index contributed by atoms with van der Waals surface area (Å²) in [6.45, 7) is 0. The van der Waals surface area contributed by atoms with Crippen LogP contribution in [-0.2, 0) is 10.9 Å². The van der Waals surface area contributed by atoms with Crippen molar-refractivity contribution in [1.29, 1.82) is 0 Å². The van der Waals surface area contributed by atoms with E-state index in [0.29, 0.717) is 11.3 Å². The number of benzene rings is 2. The molecule has 2 aromatic carbocycles. The molecule has 0 aliphatic heterocycles. The van der Waals surface area contributed by atoms with Crippen molar-refractivity contribution >= 4 is 34.2 Å². The van der Waals surface area contributed by atoms with Crippen molar-refractivity contribution < 1.29 is 27.5 Å². The Morgan fingerprint density at radius 1 is 1.07 bits per heavy atom. The van der Waals surface area contributed by atoms with Gasteiger partial charge in [0.1, 0.15) is 0 Å². The van der Waals surface area contributed by atoms with E-state index in [2.05, 4.69) is 20.4 Å². The van der Waals surface area contributed by atoms with Crippen molar-refractivity contribution in [2.75, 3.05) is 17.7 Å². The molecule has 0 unspecified atom stereocenters. The van der Waals surface area contributed by atoms with Crippen LogP contribution in [0, 0.1) is 0 Å². The molecule has 150 valence electrons. The Bertz CT molecular complexity index is 1030. The quantitative estimate of drug-likeness (QED) is 0.563.